The molecule has 2 aromatic carbocycles. The molecule has 0 spiro atoms. The molecule has 0 atom stereocenters. The lowest BCUT2D eigenvalue weighted by molar-refractivity contribution is -0.113. The molecular formula is C22H27N5OS. The molecule has 1 heterocycles. The zero-order valence-corrected chi connectivity index (χ0v) is 18.1. The van der Waals surface area contributed by atoms with Gasteiger partial charge in [-0.05, 0) is 51.5 Å². The third-order valence-corrected chi connectivity index (χ3v) is 5.57. The number of nitrogens with one attached hydrogen (secondary N) is 2. The first-order valence-corrected chi connectivity index (χ1v) is 10.7. The maximum absolute atomic E-state index is 12.4. The summed E-state index contributed by atoms with van der Waals surface area (Å²) in [6.45, 7) is 9.49. The van der Waals surface area contributed by atoms with Crippen LogP contribution < -0.4 is 10.6 Å². The molecule has 3 aromatic rings. The number of aryl methyl sites for hydroxylation is 3. The number of nitrogens with zero attached hydrogens (tertiary/aromatic N) is 3. The Labute approximate surface area is 176 Å². The smallest absolute Gasteiger partial charge is 0.234 e. The van der Waals surface area contributed by atoms with E-state index in [1.165, 1.54) is 22.9 Å². The first-order valence-electron chi connectivity index (χ1n) is 9.68. The Morgan fingerprint density at radius 1 is 1.03 bits per heavy atom. The zero-order valence-electron chi connectivity index (χ0n) is 17.3. The zero-order chi connectivity index (χ0) is 20.8. The topological polar surface area (TPSA) is 71.8 Å². The summed E-state index contributed by atoms with van der Waals surface area (Å²) in [4.78, 5) is 12.4. The lowest BCUT2D eigenvalue weighted by Gasteiger charge is -2.10. The molecule has 0 unspecified atom stereocenters. The third-order valence-electron chi connectivity index (χ3n) is 4.60. The maximum Gasteiger partial charge on any atom is 0.234 e. The lowest BCUT2D eigenvalue weighted by Crippen LogP contribution is -2.15. The van der Waals surface area contributed by atoms with Gasteiger partial charge in [0.15, 0.2) is 11.0 Å². The summed E-state index contributed by atoms with van der Waals surface area (Å²) in [5, 5.41) is 15.7. The van der Waals surface area contributed by atoms with Crippen LogP contribution in [0.5, 0.6) is 0 Å². The number of thioether (sulfide) groups is 1. The Kier molecular flexibility index (Phi) is 6.93. The number of amides is 1. The monoisotopic (exact) mass is 409 g/mol. The van der Waals surface area contributed by atoms with Gasteiger partial charge in [-0.2, -0.15) is 0 Å². The van der Waals surface area contributed by atoms with Crippen LogP contribution >= 0.6 is 11.8 Å². The highest BCUT2D eigenvalue weighted by molar-refractivity contribution is 7.99. The molecule has 0 aliphatic rings. The Morgan fingerprint density at radius 3 is 2.45 bits per heavy atom. The highest BCUT2D eigenvalue weighted by Gasteiger charge is 2.13. The molecule has 0 aliphatic carbocycles. The number of anilines is 2. The second-order valence-electron chi connectivity index (χ2n) is 7.02. The van der Waals surface area contributed by atoms with Crippen LogP contribution in [0.1, 0.15) is 29.4 Å². The van der Waals surface area contributed by atoms with Gasteiger partial charge in [-0.1, -0.05) is 47.2 Å². The van der Waals surface area contributed by atoms with Crippen molar-refractivity contribution in [3.8, 4) is 0 Å². The molecule has 6 nitrogen and oxygen atoms in total. The van der Waals surface area contributed by atoms with Gasteiger partial charge in [-0.3, -0.25) is 4.79 Å². The minimum atomic E-state index is -0.0491. The number of rotatable bonds is 8. The van der Waals surface area contributed by atoms with Crippen LogP contribution in [-0.4, -0.2) is 26.4 Å². The highest BCUT2D eigenvalue weighted by Crippen LogP contribution is 2.20. The van der Waals surface area contributed by atoms with Crippen LogP contribution in [-0.2, 0) is 17.9 Å². The van der Waals surface area contributed by atoms with Crippen molar-refractivity contribution in [2.45, 2.75) is 45.9 Å². The number of aromatic nitrogens is 3. The standard InChI is InChI=1S/C22H27N5OS/c1-5-27-20(13-23-18-9-6-15(2)7-10-18)25-26-22(27)29-14-21(28)24-19-11-8-16(3)12-17(19)4/h6-12,23H,5,13-14H2,1-4H3,(H,24,28). The van der Waals surface area contributed by atoms with Crippen LogP contribution in [0.3, 0.4) is 0 Å². The molecule has 29 heavy (non-hydrogen) atoms. The Morgan fingerprint density at radius 2 is 1.76 bits per heavy atom. The fraction of sp³-hybridized carbons (Fsp3) is 0.318. The fourth-order valence-electron chi connectivity index (χ4n) is 3.00. The van der Waals surface area contributed by atoms with Crippen molar-refractivity contribution in [3.05, 3.63) is 65.0 Å². The van der Waals surface area contributed by atoms with Gasteiger partial charge in [0.25, 0.3) is 0 Å². The molecule has 0 aliphatic heterocycles. The summed E-state index contributed by atoms with van der Waals surface area (Å²) in [7, 11) is 0. The summed E-state index contributed by atoms with van der Waals surface area (Å²) in [6, 6.07) is 14.2. The SMILES string of the molecule is CCn1c(CNc2ccc(C)cc2)nnc1SCC(=O)Nc1ccc(C)cc1C. The second-order valence-corrected chi connectivity index (χ2v) is 7.96. The van der Waals surface area contributed by atoms with E-state index in [4.69, 9.17) is 0 Å². The van der Waals surface area contributed by atoms with E-state index in [1.54, 1.807) is 0 Å². The van der Waals surface area contributed by atoms with Gasteiger partial charge in [-0.25, -0.2) is 0 Å². The first-order chi connectivity index (χ1) is 14.0. The van der Waals surface area contributed by atoms with Crippen molar-refractivity contribution in [2.24, 2.45) is 0 Å². The van der Waals surface area contributed by atoms with Gasteiger partial charge in [0.05, 0.1) is 12.3 Å². The van der Waals surface area contributed by atoms with E-state index in [-0.39, 0.29) is 11.7 Å². The van der Waals surface area contributed by atoms with Gasteiger partial charge in [0.1, 0.15) is 0 Å². The molecule has 152 valence electrons. The fourth-order valence-corrected chi connectivity index (χ4v) is 3.82. The quantitative estimate of drug-likeness (QED) is 0.534. The number of hydrogen-bond acceptors (Lipinski definition) is 5. The van der Waals surface area contributed by atoms with Crippen LogP contribution in [0.2, 0.25) is 0 Å². The van der Waals surface area contributed by atoms with E-state index in [0.29, 0.717) is 6.54 Å². The summed E-state index contributed by atoms with van der Waals surface area (Å²) < 4.78 is 2.04. The van der Waals surface area contributed by atoms with Gasteiger partial charge in [0.2, 0.25) is 5.91 Å². The van der Waals surface area contributed by atoms with E-state index in [9.17, 15) is 4.79 Å². The van der Waals surface area contributed by atoms with Crippen LogP contribution in [0.15, 0.2) is 47.6 Å². The van der Waals surface area contributed by atoms with Gasteiger partial charge < -0.3 is 15.2 Å². The summed E-state index contributed by atoms with van der Waals surface area (Å²) in [6.07, 6.45) is 0. The number of hydrogen-bond donors (Lipinski definition) is 2. The van der Waals surface area contributed by atoms with Crippen LogP contribution in [0, 0.1) is 20.8 Å². The van der Waals surface area contributed by atoms with E-state index in [0.717, 1.165) is 34.5 Å². The second kappa shape index (κ2) is 9.60. The Balaban J connectivity index is 1.58. The molecule has 0 bridgehead atoms. The van der Waals surface area contributed by atoms with E-state index >= 15 is 0 Å². The molecule has 1 aromatic heterocycles. The normalized spacial score (nSPS) is 10.8. The Hall–Kier alpha value is -2.80. The molecule has 0 fully saturated rings. The van der Waals surface area contributed by atoms with Crippen molar-refractivity contribution in [3.63, 3.8) is 0 Å². The largest absolute Gasteiger partial charge is 0.378 e. The first kappa shape index (κ1) is 20.9. The minimum Gasteiger partial charge on any atom is -0.378 e. The average molecular weight is 410 g/mol. The average Bonchev–Trinajstić information content (AvgIpc) is 3.10. The van der Waals surface area contributed by atoms with Gasteiger partial charge in [-0.15, -0.1) is 10.2 Å². The van der Waals surface area contributed by atoms with Crippen molar-refractivity contribution < 1.29 is 4.79 Å². The number of carbonyl (C=O) groups excluding carboxylic acids is 1. The number of carbonyl (C=O) groups is 1. The number of benzene rings is 2. The van der Waals surface area contributed by atoms with Crippen molar-refractivity contribution >= 4 is 29.0 Å². The van der Waals surface area contributed by atoms with Crippen molar-refractivity contribution in [2.75, 3.05) is 16.4 Å². The van der Waals surface area contributed by atoms with Crippen LogP contribution in [0.4, 0.5) is 11.4 Å². The van der Waals surface area contributed by atoms with E-state index in [2.05, 4.69) is 65.0 Å². The molecule has 0 saturated carbocycles. The van der Waals surface area contributed by atoms with Gasteiger partial charge >= 0.3 is 0 Å². The summed E-state index contributed by atoms with van der Waals surface area (Å²) in [5.74, 6) is 1.09. The van der Waals surface area contributed by atoms with E-state index < -0.39 is 0 Å². The lowest BCUT2D eigenvalue weighted by atomic mass is 10.1. The molecule has 0 radical (unpaired) electrons. The van der Waals surface area contributed by atoms with Crippen molar-refractivity contribution in [1.29, 1.82) is 0 Å². The van der Waals surface area contributed by atoms with E-state index in [1.807, 2.05) is 30.5 Å². The van der Waals surface area contributed by atoms with Crippen LogP contribution in [0.25, 0.3) is 0 Å². The minimum absolute atomic E-state index is 0.0491. The predicted molar refractivity (Wildman–Crippen MR) is 119 cm³/mol. The maximum atomic E-state index is 12.4. The van der Waals surface area contributed by atoms with Gasteiger partial charge in [0, 0.05) is 17.9 Å². The third kappa shape index (κ3) is 5.60. The van der Waals surface area contributed by atoms with Crippen molar-refractivity contribution in [1.82, 2.24) is 14.8 Å². The molecule has 3 rings (SSSR count). The molecule has 0 saturated heterocycles. The molecular weight excluding hydrogens is 382 g/mol. The molecule has 2 N–H and O–H groups in total. The summed E-state index contributed by atoms with van der Waals surface area (Å²) in [5.41, 5.74) is 5.36. The predicted octanol–water partition coefficient (Wildman–Crippen LogP) is 4.57. The summed E-state index contributed by atoms with van der Waals surface area (Å²) >= 11 is 1.40. The molecule has 7 heteroatoms. The molecule has 1 amide bonds. The highest BCUT2D eigenvalue weighted by atomic mass is 32.2. The Bertz CT molecular complexity index is 981.